The smallest absolute Gasteiger partial charge is 0.272 e. The van der Waals surface area contributed by atoms with Crippen molar-refractivity contribution in [3.05, 3.63) is 94.8 Å². The molecule has 0 saturated carbocycles. The van der Waals surface area contributed by atoms with Crippen molar-refractivity contribution in [2.45, 2.75) is 13.0 Å². The summed E-state index contributed by atoms with van der Waals surface area (Å²) in [4.78, 5) is 15.5. The van der Waals surface area contributed by atoms with Crippen molar-refractivity contribution < 1.29 is 4.79 Å². The van der Waals surface area contributed by atoms with Crippen LogP contribution in [-0.4, -0.2) is 31.7 Å². The Morgan fingerprint density at radius 3 is 2.53 bits per heavy atom. The van der Waals surface area contributed by atoms with Gasteiger partial charge in [0.25, 0.3) is 5.91 Å². The van der Waals surface area contributed by atoms with Gasteiger partial charge in [-0.15, -0.1) is 0 Å². The molecule has 5 rings (SSSR count). The summed E-state index contributed by atoms with van der Waals surface area (Å²) in [7, 11) is 1.97. The standard InChI is InChI=1S/C24H21ClN4O/c1-27-13-6-11-22(27)20-15-23(29(26-20)21-10-5-4-9-19(21)25)24(30)28-14-12-17-7-2-3-8-18(17)16-28/h2-11,13,15H,12,14,16H2,1H3. The summed E-state index contributed by atoms with van der Waals surface area (Å²) in [5.74, 6) is -0.0441. The predicted octanol–water partition coefficient (Wildman–Crippen LogP) is 4.73. The third kappa shape index (κ3) is 3.21. The van der Waals surface area contributed by atoms with Gasteiger partial charge in [0.05, 0.1) is 16.4 Å². The van der Waals surface area contributed by atoms with Crippen LogP contribution in [0.3, 0.4) is 0 Å². The van der Waals surface area contributed by atoms with Crippen LogP contribution in [0.1, 0.15) is 21.6 Å². The zero-order chi connectivity index (χ0) is 20.7. The minimum absolute atomic E-state index is 0.0441. The van der Waals surface area contributed by atoms with Crippen LogP contribution in [0, 0.1) is 0 Å². The fourth-order valence-electron chi connectivity index (χ4n) is 4.02. The summed E-state index contributed by atoms with van der Waals surface area (Å²) < 4.78 is 3.66. The fraction of sp³-hybridized carbons (Fsp3) is 0.167. The maximum absolute atomic E-state index is 13.6. The number of fused-ring (bicyclic) bond motifs is 1. The Morgan fingerprint density at radius 2 is 1.77 bits per heavy atom. The van der Waals surface area contributed by atoms with Gasteiger partial charge in [-0.1, -0.05) is 48.0 Å². The minimum atomic E-state index is -0.0441. The van der Waals surface area contributed by atoms with E-state index in [-0.39, 0.29) is 5.91 Å². The Hall–Kier alpha value is -3.31. The average molecular weight is 417 g/mol. The Bertz CT molecular complexity index is 1240. The summed E-state index contributed by atoms with van der Waals surface area (Å²) in [5.41, 5.74) is 5.40. The van der Waals surface area contributed by atoms with Crippen molar-refractivity contribution in [1.29, 1.82) is 0 Å². The SMILES string of the molecule is Cn1cccc1-c1cc(C(=O)N2CCc3ccccc3C2)n(-c2ccccc2Cl)n1. The molecule has 0 spiro atoms. The fourth-order valence-corrected chi connectivity index (χ4v) is 4.24. The first-order valence-electron chi connectivity index (χ1n) is 9.94. The Kier molecular flexibility index (Phi) is 4.68. The maximum atomic E-state index is 13.6. The molecular weight excluding hydrogens is 396 g/mol. The van der Waals surface area contributed by atoms with Gasteiger partial charge >= 0.3 is 0 Å². The van der Waals surface area contributed by atoms with E-state index in [2.05, 4.69) is 18.2 Å². The molecule has 6 heteroatoms. The lowest BCUT2D eigenvalue weighted by Crippen LogP contribution is -2.37. The summed E-state index contributed by atoms with van der Waals surface area (Å²) in [5, 5.41) is 5.32. The van der Waals surface area contributed by atoms with Crippen molar-refractivity contribution in [2.75, 3.05) is 6.54 Å². The molecule has 0 bridgehead atoms. The Morgan fingerprint density at radius 1 is 1.00 bits per heavy atom. The number of carbonyl (C=O) groups excluding carboxylic acids is 1. The highest BCUT2D eigenvalue weighted by atomic mass is 35.5. The minimum Gasteiger partial charge on any atom is -0.349 e. The van der Waals surface area contributed by atoms with E-state index >= 15 is 0 Å². The van der Waals surface area contributed by atoms with Crippen LogP contribution >= 0.6 is 11.6 Å². The van der Waals surface area contributed by atoms with Gasteiger partial charge in [-0.2, -0.15) is 5.10 Å². The molecule has 4 aromatic rings. The maximum Gasteiger partial charge on any atom is 0.272 e. The number of para-hydroxylation sites is 1. The van der Waals surface area contributed by atoms with Crippen molar-refractivity contribution in [1.82, 2.24) is 19.2 Å². The molecule has 1 aliphatic rings. The van der Waals surface area contributed by atoms with Crippen molar-refractivity contribution >= 4 is 17.5 Å². The molecule has 0 aliphatic carbocycles. The normalized spacial score (nSPS) is 13.3. The molecule has 1 amide bonds. The lowest BCUT2D eigenvalue weighted by molar-refractivity contribution is 0.0725. The molecular formula is C24H21ClN4O. The van der Waals surface area contributed by atoms with Crippen LogP contribution in [0.15, 0.2) is 72.9 Å². The second kappa shape index (κ2) is 7.50. The van der Waals surface area contributed by atoms with E-state index in [4.69, 9.17) is 16.7 Å². The highest BCUT2D eigenvalue weighted by Crippen LogP contribution is 2.28. The number of hydrogen-bond acceptors (Lipinski definition) is 2. The van der Waals surface area contributed by atoms with Gasteiger partial charge in [-0.3, -0.25) is 4.79 Å². The Balaban J connectivity index is 1.58. The van der Waals surface area contributed by atoms with E-state index in [1.54, 1.807) is 4.68 Å². The van der Waals surface area contributed by atoms with Gasteiger partial charge in [0.1, 0.15) is 11.4 Å². The predicted molar refractivity (Wildman–Crippen MR) is 118 cm³/mol. The molecule has 3 heterocycles. The number of amides is 1. The first-order valence-corrected chi connectivity index (χ1v) is 10.3. The van der Waals surface area contributed by atoms with Gasteiger partial charge in [-0.05, 0) is 47.9 Å². The number of halogens is 1. The number of aromatic nitrogens is 3. The average Bonchev–Trinajstić information content (AvgIpc) is 3.39. The number of aryl methyl sites for hydroxylation is 1. The van der Waals surface area contributed by atoms with Crippen LogP contribution in [0.5, 0.6) is 0 Å². The van der Waals surface area contributed by atoms with Gasteiger partial charge < -0.3 is 9.47 Å². The van der Waals surface area contributed by atoms with Gasteiger partial charge in [0, 0.05) is 26.3 Å². The molecule has 30 heavy (non-hydrogen) atoms. The topological polar surface area (TPSA) is 43.1 Å². The number of nitrogens with zero attached hydrogens (tertiary/aromatic N) is 4. The molecule has 150 valence electrons. The van der Waals surface area contributed by atoms with E-state index in [0.717, 1.165) is 17.8 Å². The van der Waals surface area contributed by atoms with Crippen LogP contribution in [0.2, 0.25) is 5.02 Å². The van der Waals surface area contributed by atoms with Gasteiger partial charge in [0.2, 0.25) is 0 Å². The molecule has 0 radical (unpaired) electrons. The Labute approximate surface area is 180 Å². The number of hydrogen-bond donors (Lipinski definition) is 0. The highest BCUT2D eigenvalue weighted by Gasteiger charge is 2.26. The quantitative estimate of drug-likeness (QED) is 0.484. The van der Waals surface area contributed by atoms with Crippen molar-refractivity contribution in [3.8, 4) is 17.1 Å². The van der Waals surface area contributed by atoms with Crippen molar-refractivity contribution in [3.63, 3.8) is 0 Å². The van der Waals surface area contributed by atoms with E-state index in [0.29, 0.717) is 29.5 Å². The second-order valence-electron chi connectivity index (χ2n) is 7.53. The highest BCUT2D eigenvalue weighted by molar-refractivity contribution is 6.32. The lowest BCUT2D eigenvalue weighted by atomic mass is 10.00. The van der Waals surface area contributed by atoms with E-state index in [1.165, 1.54) is 11.1 Å². The first kappa shape index (κ1) is 18.7. The van der Waals surface area contributed by atoms with E-state index < -0.39 is 0 Å². The molecule has 2 aromatic heterocycles. The van der Waals surface area contributed by atoms with Crippen LogP contribution in [0.4, 0.5) is 0 Å². The van der Waals surface area contributed by atoms with Crippen LogP contribution in [-0.2, 0) is 20.0 Å². The molecule has 0 saturated heterocycles. The molecule has 0 unspecified atom stereocenters. The zero-order valence-electron chi connectivity index (χ0n) is 16.6. The lowest BCUT2D eigenvalue weighted by Gasteiger charge is -2.29. The number of rotatable bonds is 3. The molecule has 0 fully saturated rings. The molecule has 0 atom stereocenters. The van der Waals surface area contributed by atoms with Crippen molar-refractivity contribution in [2.24, 2.45) is 7.05 Å². The second-order valence-corrected chi connectivity index (χ2v) is 7.93. The molecule has 2 aromatic carbocycles. The third-order valence-electron chi connectivity index (χ3n) is 5.63. The molecule has 1 aliphatic heterocycles. The number of benzene rings is 2. The first-order chi connectivity index (χ1) is 14.6. The summed E-state index contributed by atoms with van der Waals surface area (Å²) in [6.45, 7) is 1.28. The summed E-state index contributed by atoms with van der Waals surface area (Å²) in [6.07, 6.45) is 2.82. The zero-order valence-corrected chi connectivity index (χ0v) is 17.4. The molecule has 5 nitrogen and oxygen atoms in total. The monoisotopic (exact) mass is 416 g/mol. The summed E-state index contributed by atoms with van der Waals surface area (Å²) >= 11 is 6.46. The van der Waals surface area contributed by atoms with Crippen LogP contribution < -0.4 is 0 Å². The largest absolute Gasteiger partial charge is 0.349 e. The molecule has 0 N–H and O–H groups in total. The van der Waals surface area contributed by atoms with E-state index in [1.807, 2.05) is 71.2 Å². The number of carbonyl (C=O) groups is 1. The van der Waals surface area contributed by atoms with Gasteiger partial charge in [-0.25, -0.2) is 4.68 Å². The third-order valence-corrected chi connectivity index (χ3v) is 5.95. The van der Waals surface area contributed by atoms with Gasteiger partial charge in [0.15, 0.2) is 0 Å². The van der Waals surface area contributed by atoms with Crippen LogP contribution in [0.25, 0.3) is 17.1 Å². The van der Waals surface area contributed by atoms with E-state index in [9.17, 15) is 4.79 Å². The summed E-state index contributed by atoms with van der Waals surface area (Å²) in [6, 6.07) is 21.6.